The van der Waals surface area contributed by atoms with Crippen molar-refractivity contribution in [3.63, 3.8) is 0 Å². The van der Waals surface area contributed by atoms with Crippen molar-refractivity contribution in [3.8, 4) is 0 Å². The molecule has 0 spiro atoms. The standard InChI is InChI=1S/6C17H27NS2.Mo/c6*1-3-5-7-10-14-11-9-13-16(18-17(19)20)15(14)12-8-6-4-2;/h6*9,11,13H,3-8,10,12H2,1-2H3,(H2,18,19,20);/p-6. The van der Waals surface area contributed by atoms with Gasteiger partial charge in [-0.3, -0.25) is 0 Å². The summed E-state index contributed by atoms with van der Waals surface area (Å²) < 4.78 is 2.62. The molecule has 0 saturated heterocycles. The number of thiocarbonyl (C=S) groups is 6. The summed E-state index contributed by atoms with van der Waals surface area (Å²) in [6.07, 6.45) is 59.2. The second-order valence-electron chi connectivity index (χ2n) is 31.6. The summed E-state index contributed by atoms with van der Waals surface area (Å²) in [6, 6.07) is 38.8. The van der Waals surface area contributed by atoms with Gasteiger partial charge in [-0.2, -0.15) is 0 Å². The predicted octanol–water partition coefficient (Wildman–Crippen LogP) is 32.4. The molecular weight excluding hydrogens is 1790 g/mol. The Hall–Kier alpha value is -3.33. The van der Waals surface area contributed by atoms with E-state index in [-0.39, 0.29) is 21.1 Å². The Morgan fingerprint density at radius 1 is 0.182 bits per heavy atom. The van der Waals surface area contributed by atoms with Crippen molar-refractivity contribution in [3.05, 3.63) is 176 Å². The fraction of sp³-hybridized carbons (Fsp3) is 0.588. The number of anilines is 6. The maximum Gasteiger partial charge on any atom is 0.0406 e. The molecule has 6 nitrogen and oxygen atoms in total. The number of nitrogens with one attached hydrogen (secondary N) is 6. The molecule has 0 amide bonds. The fourth-order valence-corrected chi connectivity index (χ4v) is 16.4. The molecule has 0 aromatic heterocycles. The van der Waals surface area contributed by atoms with Crippen molar-refractivity contribution < 1.29 is 21.1 Å². The minimum Gasteiger partial charge on any atom is -0.411 e. The van der Waals surface area contributed by atoms with Crippen molar-refractivity contribution in [1.82, 2.24) is 0 Å². The molecule has 0 aliphatic carbocycles. The topological polar surface area (TPSA) is 72.2 Å². The maximum absolute atomic E-state index is 5.03. The Morgan fingerprint density at radius 2 is 0.289 bits per heavy atom. The first kappa shape index (κ1) is 118. The first-order valence-electron chi connectivity index (χ1n) is 46.6. The normalized spacial score (nSPS) is 10.4. The zero-order chi connectivity index (χ0) is 88.8. The molecule has 0 unspecified atom stereocenters. The van der Waals surface area contributed by atoms with Gasteiger partial charge in [0.1, 0.15) is 0 Å². The van der Waals surface area contributed by atoms with Crippen LogP contribution in [0.3, 0.4) is 0 Å². The number of rotatable bonds is 54. The Morgan fingerprint density at radius 3 is 0.388 bits per heavy atom. The average Bonchev–Trinajstić information content (AvgIpc) is 0.882. The van der Waals surface area contributed by atoms with E-state index in [1.54, 1.807) is 0 Å². The monoisotopic (exact) mass is 1950 g/mol. The van der Waals surface area contributed by atoms with Gasteiger partial charge in [-0.15, -0.1) is 0 Å². The van der Waals surface area contributed by atoms with Gasteiger partial charge in [0.25, 0.3) is 0 Å². The van der Waals surface area contributed by atoms with Crippen molar-refractivity contribution in [1.29, 1.82) is 0 Å². The Labute approximate surface area is 821 Å². The van der Waals surface area contributed by atoms with E-state index >= 15 is 0 Å². The van der Waals surface area contributed by atoms with E-state index in [4.69, 9.17) is 149 Å². The van der Waals surface area contributed by atoms with Gasteiger partial charge in [0.2, 0.25) is 0 Å². The predicted molar refractivity (Wildman–Crippen MR) is 579 cm³/mol. The summed E-state index contributed by atoms with van der Waals surface area (Å²) in [4.78, 5) is 0. The van der Waals surface area contributed by atoms with Crippen LogP contribution in [0.1, 0.15) is 381 Å². The van der Waals surface area contributed by atoms with Gasteiger partial charge in [0.05, 0.1) is 0 Å². The van der Waals surface area contributed by atoms with Crippen molar-refractivity contribution in [2.24, 2.45) is 0 Å². The molecule has 121 heavy (non-hydrogen) atoms. The van der Waals surface area contributed by atoms with E-state index in [0.717, 1.165) is 111 Å². The summed E-state index contributed by atoms with van der Waals surface area (Å²) in [5, 5.41) is 19.1. The van der Waals surface area contributed by atoms with Crippen LogP contribution in [0, 0.1) is 0 Å². The molecule has 0 atom stereocenters. The van der Waals surface area contributed by atoms with E-state index in [2.05, 4.69) is 224 Å². The van der Waals surface area contributed by atoms with Gasteiger partial charge in [-0.05, 0) is 257 Å². The third-order valence-electron chi connectivity index (χ3n) is 21.5. The van der Waals surface area contributed by atoms with E-state index in [9.17, 15) is 0 Å². The van der Waals surface area contributed by atoms with E-state index in [0.29, 0.717) is 25.9 Å². The van der Waals surface area contributed by atoms with Crippen LogP contribution in [-0.2, 0) is 174 Å². The van der Waals surface area contributed by atoms with Crippen LogP contribution >= 0.6 is 73.3 Å². The molecule has 6 N–H and O–H groups in total. The van der Waals surface area contributed by atoms with Crippen molar-refractivity contribution >= 4 is 209 Å². The third kappa shape index (κ3) is 56.6. The minimum absolute atomic E-state index is 0. The van der Waals surface area contributed by atoms with Crippen LogP contribution in [0.25, 0.3) is 0 Å². The maximum atomic E-state index is 5.03. The fourth-order valence-electron chi connectivity index (χ4n) is 15.1. The van der Waals surface area contributed by atoms with Gasteiger partial charge in [-0.25, -0.2) is 0 Å². The van der Waals surface area contributed by atoms with E-state index in [1.807, 2.05) is 0 Å². The number of unbranched alkanes of at least 4 members (excludes halogenated alkanes) is 24. The number of hydrogen-bond donors (Lipinski definition) is 6. The SMILES string of the molecule is CCCCCc1cccc(NC(=S)[S-])c1CCCCC.CCCCCc1cccc(NC(=S)[S-])c1CCCCC.CCCCCc1cccc(NC(=S)[S-])c1CCCCC.CCCCCc1cccc(NC(=S)[S-])c1CCCCC.CCCCCc1cccc(NC(=S)[S-])c1CCCCC.CCCCCc1cccc(NC(=S)[S-])c1CCCCC.[Mo]. The molecule has 19 heteroatoms. The van der Waals surface area contributed by atoms with Crippen LogP contribution in [0.5, 0.6) is 0 Å². The van der Waals surface area contributed by atoms with Gasteiger partial charge in [0, 0.05) is 55.2 Å². The van der Waals surface area contributed by atoms with Gasteiger partial charge >= 0.3 is 0 Å². The molecule has 0 bridgehead atoms. The molecule has 6 rings (SSSR count). The van der Waals surface area contributed by atoms with Crippen LogP contribution in [-0.4, -0.2) is 25.9 Å². The third-order valence-corrected chi connectivity index (χ3v) is 22.8. The molecule has 0 aliphatic heterocycles. The molecule has 0 fully saturated rings. The summed E-state index contributed by atoms with van der Waals surface area (Å²) in [7, 11) is 0. The van der Waals surface area contributed by atoms with Crippen LogP contribution in [0.15, 0.2) is 109 Å². The molecule has 6 aromatic rings. The van der Waals surface area contributed by atoms with E-state index in [1.165, 1.54) is 298 Å². The van der Waals surface area contributed by atoms with Gasteiger partial charge < -0.3 is 181 Å². The zero-order valence-electron chi connectivity index (χ0n) is 76.6. The number of hydrogen-bond acceptors (Lipinski definition) is 12. The first-order chi connectivity index (χ1) is 58.1. The van der Waals surface area contributed by atoms with Gasteiger partial charge in [-0.1, -0.05) is 336 Å². The number of benzene rings is 6. The van der Waals surface area contributed by atoms with E-state index < -0.39 is 0 Å². The first-order valence-corrected chi connectivity index (χ1v) is 51.5. The summed E-state index contributed by atoms with van der Waals surface area (Å²) in [5.74, 6) is 0. The van der Waals surface area contributed by atoms with Gasteiger partial charge in [0.15, 0.2) is 0 Å². The largest absolute Gasteiger partial charge is 0.411 e. The molecule has 0 aliphatic rings. The average molecular weight is 1950 g/mol. The zero-order valence-corrected chi connectivity index (χ0v) is 88.4. The van der Waals surface area contributed by atoms with Crippen molar-refractivity contribution in [2.75, 3.05) is 31.9 Å². The van der Waals surface area contributed by atoms with Crippen LogP contribution < -0.4 is 31.9 Å². The summed E-state index contributed by atoms with van der Waals surface area (Å²) in [6.45, 7) is 26.9. The van der Waals surface area contributed by atoms with Crippen LogP contribution in [0.4, 0.5) is 34.1 Å². The summed E-state index contributed by atoms with van der Waals surface area (Å²) in [5.41, 5.74) is 24.0. The molecule has 6 aromatic carbocycles. The second kappa shape index (κ2) is 78.9. The number of aryl methyl sites for hydroxylation is 6. The molecular formula is C102H156MoN6S12-6. The Kier molecular flexibility index (Phi) is 76.7. The molecule has 678 valence electrons. The molecule has 0 heterocycles. The van der Waals surface area contributed by atoms with Crippen molar-refractivity contribution in [2.45, 2.75) is 391 Å². The smallest absolute Gasteiger partial charge is 0.0406 e. The molecule has 0 saturated carbocycles. The molecule has 0 radical (unpaired) electrons. The quantitative estimate of drug-likeness (QED) is 0.00949. The Bertz CT molecular complexity index is 3120. The summed E-state index contributed by atoms with van der Waals surface area (Å²) >= 11 is 60.3. The second-order valence-corrected chi connectivity index (χ2v) is 38.1. The Balaban J connectivity index is 0.00000143. The van der Waals surface area contributed by atoms with Crippen LogP contribution in [0.2, 0.25) is 0 Å². The minimum atomic E-state index is 0.